The van der Waals surface area contributed by atoms with E-state index in [4.69, 9.17) is 9.11 Å². The van der Waals surface area contributed by atoms with E-state index < -0.39 is 44.9 Å². The first kappa shape index (κ1) is 16.7. The van der Waals surface area contributed by atoms with Crippen LogP contribution in [0, 0.1) is 11.8 Å². The maximum atomic E-state index is 13.1. The highest BCUT2D eigenvalue weighted by Crippen LogP contribution is 2.48. The molecule has 0 saturated heterocycles. The van der Waals surface area contributed by atoms with Crippen molar-refractivity contribution in [1.29, 1.82) is 0 Å². The van der Waals surface area contributed by atoms with Gasteiger partial charge in [0, 0.05) is 0 Å². The van der Waals surface area contributed by atoms with E-state index in [9.17, 15) is 26.2 Å². The molecule has 2 aliphatic rings. The summed E-state index contributed by atoms with van der Waals surface area (Å²) < 4.78 is 84.1. The predicted molar refractivity (Wildman–Crippen MR) is 62.9 cm³/mol. The van der Waals surface area contributed by atoms with Crippen molar-refractivity contribution >= 4 is 27.4 Å². The normalized spacial score (nSPS) is 33.9. The molecule has 2 bridgehead atoms. The minimum atomic E-state index is -5.95. The zero-order valence-corrected chi connectivity index (χ0v) is 12.0. The molecule has 21 heavy (non-hydrogen) atoms. The second-order valence-electron chi connectivity index (χ2n) is 4.97. The Morgan fingerprint density at radius 2 is 1.76 bits per heavy atom. The Morgan fingerprint density at radius 1 is 1.24 bits per heavy atom. The van der Waals surface area contributed by atoms with Crippen molar-refractivity contribution in [2.24, 2.45) is 11.8 Å². The van der Waals surface area contributed by atoms with E-state index in [1.807, 2.05) is 0 Å². The average molecular weight is 350 g/mol. The van der Waals surface area contributed by atoms with Crippen molar-refractivity contribution in [3.05, 3.63) is 0 Å². The molecule has 0 amide bonds. The van der Waals surface area contributed by atoms with Crippen LogP contribution in [-0.4, -0.2) is 45.2 Å². The lowest BCUT2D eigenvalue weighted by atomic mass is 9.95. The van der Waals surface area contributed by atoms with Crippen LogP contribution in [0.4, 0.5) is 8.78 Å². The van der Waals surface area contributed by atoms with Crippen molar-refractivity contribution in [3.8, 4) is 0 Å². The van der Waals surface area contributed by atoms with Crippen LogP contribution in [0.2, 0.25) is 0 Å². The fraction of sp³-hybridized carbons (Fsp3) is 0.889. The lowest BCUT2D eigenvalue weighted by Gasteiger charge is -2.29. The van der Waals surface area contributed by atoms with E-state index in [1.54, 1.807) is 0 Å². The zero-order chi connectivity index (χ0) is 16.0. The van der Waals surface area contributed by atoms with E-state index in [0.717, 1.165) is 0 Å². The summed E-state index contributed by atoms with van der Waals surface area (Å²) in [5.41, 5.74) is 0. The molecule has 5 atom stereocenters. The number of carbonyl (C=O) groups excluding carboxylic acids is 1. The monoisotopic (exact) mass is 350 g/mol. The third-order valence-corrected chi connectivity index (χ3v) is 4.97. The molecule has 0 spiro atoms. The van der Waals surface area contributed by atoms with Gasteiger partial charge in [0.15, 0.2) is 0 Å². The Kier molecular flexibility index (Phi) is 4.37. The van der Waals surface area contributed by atoms with Gasteiger partial charge in [-0.3, -0.25) is 13.3 Å². The van der Waals surface area contributed by atoms with Gasteiger partial charge in [0.05, 0.1) is 0 Å². The van der Waals surface area contributed by atoms with Crippen LogP contribution in [0.5, 0.6) is 0 Å². The molecule has 12 heteroatoms. The first-order chi connectivity index (χ1) is 9.54. The Balaban J connectivity index is 2.14. The summed E-state index contributed by atoms with van der Waals surface area (Å²) in [7, 11) is -5.95. The number of ether oxygens (including phenoxy) is 1. The molecular formula is C9H12F2O8S2. The molecule has 122 valence electrons. The van der Waals surface area contributed by atoms with Crippen LogP contribution in [0.3, 0.4) is 0 Å². The molecular weight excluding hydrogens is 338 g/mol. The third kappa shape index (κ3) is 3.08. The van der Waals surface area contributed by atoms with Gasteiger partial charge in [-0.25, -0.2) is 4.79 Å². The second-order valence-corrected chi connectivity index (χ2v) is 7.06. The first-order valence-corrected chi connectivity index (χ1v) is 8.35. The Labute approximate surface area is 121 Å². The van der Waals surface area contributed by atoms with Crippen molar-refractivity contribution in [2.75, 3.05) is 0 Å². The molecule has 8 nitrogen and oxygen atoms in total. The van der Waals surface area contributed by atoms with Crippen molar-refractivity contribution in [2.45, 2.75) is 36.7 Å². The summed E-state index contributed by atoms with van der Waals surface area (Å²) >= 11 is -2.68. The van der Waals surface area contributed by atoms with Gasteiger partial charge >= 0.3 is 32.7 Å². The molecule has 0 aromatic heterocycles. The van der Waals surface area contributed by atoms with E-state index in [2.05, 4.69) is 8.92 Å². The molecule has 0 aromatic carbocycles. The van der Waals surface area contributed by atoms with E-state index in [-0.39, 0.29) is 11.8 Å². The summed E-state index contributed by atoms with van der Waals surface area (Å²) in [6.45, 7) is 0. The van der Waals surface area contributed by atoms with Crippen LogP contribution >= 0.6 is 0 Å². The highest BCUT2D eigenvalue weighted by atomic mass is 32.2. The van der Waals surface area contributed by atoms with Gasteiger partial charge in [-0.15, -0.1) is 0 Å². The molecule has 0 aliphatic heterocycles. The molecule has 5 unspecified atom stereocenters. The summed E-state index contributed by atoms with van der Waals surface area (Å²) in [5.74, 6) is -3.02. The highest BCUT2D eigenvalue weighted by Gasteiger charge is 2.58. The quantitative estimate of drug-likeness (QED) is 0.412. The molecule has 2 aliphatic carbocycles. The van der Waals surface area contributed by atoms with Crippen LogP contribution in [0.25, 0.3) is 0 Å². The highest BCUT2D eigenvalue weighted by molar-refractivity contribution is 7.87. The van der Waals surface area contributed by atoms with Crippen molar-refractivity contribution < 1.29 is 44.2 Å². The van der Waals surface area contributed by atoms with E-state index in [1.165, 1.54) is 0 Å². The Morgan fingerprint density at radius 3 is 2.24 bits per heavy atom. The Hall–Kier alpha value is -0.690. The van der Waals surface area contributed by atoms with Gasteiger partial charge in [0.2, 0.25) is 0 Å². The molecule has 2 rings (SSSR count). The molecule has 0 heterocycles. The minimum absolute atomic E-state index is 0.233. The van der Waals surface area contributed by atoms with Crippen LogP contribution in [-0.2, 0) is 35.2 Å². The summed E-state index contributed by atoms with van der Waals surface area (Å²) in [6, 6.07) is 0. The predicted octanol–water partition coefficient (Wildman–Crippen LogP) is 0.331. The van der Waals surface area contributed by atoms with Gasteiger partial charge in [0.1, 0.15) is 12.2 Å². The number of hydrogen-bond acceptors (Lipinski definition) is 6. The molecule has 0 radical (unpaired) electrons. The molecule has 0 aromatic rings. The SMILES string of the molecule is O=C(OC1C2CCC(C2)C1OS(=O)O)C(F)(F)S(=O)(=O)O. The number of carbonyl (C=O) groups is 1. The fourth-order valence-electron chi connectivity index (χ4n) is 2.88. The van der Waals surface area contributed by atoms with Crippen LogP contribution < -0.4 is 0 Å². The lowest BCUT2D eigenvalue weighted by Crippen LogP contribution is -2.45. The third-order valence-electron chi connectivity index (χ3n) is 3.76. The first-order valence-electron chi connectivity index (χ1n) is 5.88. The Bertz CT molecular complexity index is 562. The zero-order valence-electron chi connectivity index (χ0n) is 10.3. The standard InChI is InChI=1S/C9H12F2O8S2/c10-9(11,21(15,16)17)8(12)18-6-4-1-2-5(3-4)7(6)19-20(13)14/h4-7H,1-3H2,(H,13,14)(H,15,16,17). The molecule has 2 N–H and O–H groups in total. The largest absolute Gasteiger partial charge is 0.465 e. The van der Waals surface area contributed by atoms with Crippen LogP contribution in [0.15, 0.2) is 0 Å². The summed E-state index contributed by atoms with van der Waals surface area (Å²) in [5, 5.41) is -5.10. The fourth-order valence-corrected chi connectivity index (χ4v) is 3.59. The van der Waals surface area contributed by atoms with E-state index in [0.29, 0.717) is 19.3 Å². The van der Waals surface area contributed by atoms with Gasteiger partial charge in [-0.1, -0.05) is 0 Å². The topological polar surface area (TPSA) is 127 Å². The number of hydrogen-bond donors (Lipinski definition) is 2. The maximum absolute atomic E-state index is 13.1. The number of fused-ring (bicyclic) bond motifs is 2. The van der Waals surface area contributed by atoms with Gasteiger partial charge < -0.3 is 4.74 Å². The summed E-state index contributed by atoms with van der Waals surface area (Å²) in [6.07, 6.45) is -0.694. The summed E-state index contributed by atoms with van der Waals surface area (Å²) in [4.78, 5) is 11.3. The van der Waals surface area contributed by atoms with Gasteiger partial charge in [-0.05, 0) is 31.1 Å². The minimum Gasteiger partial charge on any atom is -0.454 e. The second kappa shape index (κ2) is 5.50. The van der Waals surface area contributed by atoms with Crippen molar-refractivity contribution in [3.63, 3.8) is 0 Å². The number of halogens is 2. The molecule has 2 fully saturated rings. The van der Waals surface area contributed by atoms with Gasteiger partial charge in [0.25, 0.3) is 0 Å². The van der Waals surface area contributed by atoms with Crippen molar-refractivity contribution in [1.82, 2.24) is 0 Å². The van der Waals surface area contributed by atoms with Crippen LogP contribution in [0.1, 0.15) is 19.3 Å². The van der Waals surface area contributed by atoms with E-state index >= 15 is 0 Å². The number of alkyl halides is 2. The number of esters is 1. The lowest BCUT2D eigenvalue weighted by molar-refractivity contribution is -0.174. The van der Waals surface area contributed by atoms with Gasteiger partial charge in [-0.2, -0.15) is 21.4 Å². The smallest absolute Gasteiger partial charge is 0.454 e. The average Bonchev–Trinajstić information content (AvgIpc) is 2.90. The molecule has 2 saturated carbocycles. The number of rotatable bonds is 5. The maximum Gasteiger partial charge on any atom is 0.465 e.